The number of benzene rings is 3. The normalized spacial score (nSPS) is 10.9. The fraction of sp³-hybridized carbons (Fsp3) is 0.0800. The number of anilines is 2. The van der Waals surface area contributed by atoms with Crippen LogP contribution in [0.4, 0.5) is 32.1 Å². The second-order valence-electron chi connectivity index (χ2n) is 7.77. The molecule has 0 spiro atoms. The molecule has 0 unspecified atom stereocenters. The van der Waals surface area contributed by atoms with Crippen molar-refractivity contribution in [2.24, 2.45) is 0 Å². The Morgan fingerprint density at radius 1 is 1.00 bits per heavy atom. The van der Waals surface area contributed by atoms with Crippen molar-refractivity contribution < 1.29 is 36.6 Å². The van der Waals surface area contributed by atoms with E-state index in [9.17, 15) is 36.6 Å². The number of amides is 2. The summed E-state index contributed by atoms with van der Waals surface area (Å²) in [5.41, 5.74) is -1.48. The third-order valence-electron chi connectivity index (χ3n) is 5.35. The van der Waals surface area contributed by atoms with E-state index in [2.05, 4.69) is 26.2 Å². The minimum atomic E-state index is -2.35. The summed E-state index contributed by atoms with van der Waals surface area (Å²) in [7, 11) is 0. The van der Waals surface area contributed by atoms with E-state index in [4.69, 9.17) is 0 Å². The standard InChI is InChI=1S/C25H15BrF5N3O3S/c26-13-6-7-15(36)14(10-13)23(37)33-25-32-22(16-17(27)19(29)21(31)20(30)18(16)28)24(38-25)34(11-35)9-8-12-4-2-1-3-5-12/h1-7,10-11,36H,8-9H2,(H,32,33,37). The number of aromatic hydroxyl groups is 1. The minimum Gasteiger partial charge on any atom is -0.507 e. The first-order valence-electron chi connectivity index (χ1n) is 10.7. The maximum Gasteiger partial charge on any atom is 0.261 e. The van der Waals surface area contributed by atoms with Crippen molar-refractivity contribution in [3.8, 4) is 17.0 Å². The zero-order valence-corrected chi connectivity index (χ0v) is 21.3. The molecule has 6 nitrogen and oxygen atoms in total. The number of phenols is 1. The van der Waals surface area contributed by atoms with E-state index in [0.29, 0.717) is 22.2 Å². The third kappa shape index (κ3) is 5.38. The molecule has 4 rings (SSSR count). The molecule has 0 aliphatic carbocycles. The van der Waals surface area contributed by atoms with Crippen molar-refractivity contribution in [3.63, 3.8) is 0 Å². The van der Waals surface area contributed by atoms with Crippen LogP contribution >= 0.6 is 27.3 Å². The molecule has 1 heterocycles. The van der Waals surface area contributed by atoms with Crippen molar-refractivity contribution in [3.05, 3.63) is 93.2 Å². The molecule has 0 saturated carbocycles. The third-order valence-corrected chi connectivity index (χ3v) is 6.85. The van der Waals surface area contributed by atoms with Gasteiger partial charge in [-0.2, -0.15) is 0 Å². The van der Waals surface area contributed by atoms with E-state index >= 15 is 0 Å². The van der Waals surface area contributed by atoms with Gasteiger partial charge in [0.15, 0.2) is 28.4 Å². The van der Waals surface area contributed by atoms with Gasteiger partial charge in [-0.1, -0.05) is 57.6 Å². The summed E-state index contributed by atoms with van der Waals surface area (Å²) < 4.78 is 71.6. The van der Waals surface area contributed by atoms with Gasteiger partial charge in [0.2, 0.25) is 12.2 Å². The molecule has 0 fully saturated rings. The van der Waals surface area contributed by atoms with Crippen LogP contribution in [0, 0.1) is 29.1 Å². The first kappa shape index (κ1) is 27.2. The van der Waals surface area contributed by atoms with Gasteiger partial charge in [0.25, 0.3) is 5.91 Å². The lowest BCUT2D eigenvalue weighted by molar-refractivity contribution is -0.107. The fourth-order valence-electron chi connectivity index (χ4n) is 3.49. The molecule has 38 heavy (non-hydrogen) atoms. The summed E-state index contributed by atoms with van der Waals surface area (Å²) in [5.74, 6) is -12.3. The molecule has 2 N–H and O–H groups in total. The number of nitrogens with zero attached hydrogens (tertiary/aromatic N) is 2. The Hall–Kier alpha value is -3.84. The Kier molecular flexibility index (Phi) is 8.07. The van der Waals surface area contributed by atoms with Crippen molar-refractivity contribution in [1.29, 1.82) is 0 Å². The highest BCUT2D eigenvalue weighted by Gasteiger charge is 2.32. The van der Waals surface area contributed by atoms with Crippen LogP contribution in [0.25, 0.3) is 11.3 Å². The lowest BCUT2D eigenvalue weighted by Crippen LogP contribution is -2.23. The van der Waals surface area contributed by atoms with Crippen LogP contribution in [0.15, 0.2) is 53.0 Å². The highest BCUT2D eigenvalue weighted by molar-refractivity contribution is 9.10. The Labute approximate surface area is 224 Å². The molecule has 0 aliphatic heterocycles. The number of halogens is 6. The summed E-state index contributed by atoms with van der Waals surface area (Å²) in [4.78, 5) is 29.6. The van der Waals surface area contributed by atoms with Gasteiger partial charge in [0.05, 0.1) is 11.1 Å². The summed E-state index contributed by atoms with van der Waals surface area (Å²) >= 11 is 3.74. The predicted octanol–water partition coefficient (Wildman–Crippen LogP) is 6.43. The molecule has 13 heteroatoms. The smallest absolute Gasteiger partial charge is 0.261 e. The Morgan fingerprint density at radius 2 is 1.63 bits per heavy atom. The van der Waals surface area contributed by atoms with Crippen LogP contribution in [0.1, 0.15) is 15.9 Å². The number of aromatic nitrogens is 1. The Morgan fingerprint density at radius 3 is 2.26 bits per heavy atom. The van der Waals surface area contributed by atoms with Crippen LogP contribution in [0.2, 0.25) is 0 Å². The first-order valence-corrected chi connectivity index (χ1v) is 12.3. The molecule has 3 aromatic carbocycles. The van der Waals surface area contributed by atoms with Crippen molar-refractivity contribution in [2.75, 3.05) is 16.8 Å². The van der Waals surface area contributed by atoms with Gasteiger partial charge in [0, 0.05) is 11.0 Å². The molecule has 4 aromatic rings. The molecular weight excluding hydrogens is 597 g/mol. The predicted molar refractivity (Wildman–Crippen MR) is 135 cm³/mol. The molecular formula is C25H15BrF5N3O3S. The minimum absolute atomic E-state index is 0.0437. The SMILES string of the molecule is O=CN(CCc1ccccc1)c1sc(NC(=O)c2cc(Br)ccc2O)nc1-c1c(F)c(F)c(F)c(F)c1F. The van der Waals surface area contributed by atoms with Crippen LogP contribution in [-0.4, -0.2) is 29.0 Å². The van der Waals surface area contributed by atoms with Gasteiger partial charge in [-0.25, -0.2) is 26.9 Å². The van der Waals surface area contributed by atoms with Crippen LogP contribution in [0.5, 0.6) is 5.75 Å². The van der Waals surface area contributed by atoms with E-state index in [0.717, 1.165) is 10.5 Å². The first-order chi connectivity index (χ1) is 18.1. The molecule has 1 aromatic heterocycles. The highest BCUT2D eigenvalue weighted by Crippen LogP contribution is 2.42. The van der Waals surface area contributed by atoms with E-state index < -0.39 is 46.3 Å². The number of nitrogens with one attached hydrogen (secondary N) is 1. The molecule has 2 amide bonds. The maximum absolute atomic E-state index is 14.7. The van der Waals surface area contributed by atoms with Crippen LogP contribution < -0.4 is 10.2 Å². The van der Waals surface area contributed by atoms with Crippen molar-refractivity contribution in [1.82, 2.24) is 4.98 Å². The lowest BCUT2D eigenvalue weighted by atomic mass is 10.1. The van der Waals surface area contributed by atoms with Crippen LogP contribution in [-0.2, 0) is 11.2 Å². The fourth-order valence-corrected chi connectivity index (χ4v) is 4.81. The molecule has 0 saturated heterocycles. The maximum atomic E-state index is 14.7. The number of phenolic OH excluding ortho intramolecular Hbond substituents is 1. The Balaban J connectivity index is 1.80. The van der Waals surface area contributed by atoms with Crippen molar-refractivity contribution >= 4 is 49.7 Å². The summed E-state index contributed by atoms with van der Waals surface area (Å²) in [6, 6.07) is 12.9. The van der Waals surface area contributed by atoms with Gasteiger partial charge in [-0.15, -0.1) is 0 Å². The topological polar surface area (TPSA) is 82.5 Å². The van der Waals surface area contributed by atoms with Crippen LogP contribution in [0.3, 0.4) is 0 Å². The van der Waals surface area contributed by atoms with Gasteiger partial charge < -0.3 is 10.0 Å². The molecule has 196 valence electrons. The number of thiazole rings is 1. The zero-order chi connectivity index (χ0) is 27.6. The lowest BCUT2D eigenvalue weighted by Gasteiger charge is -2.17. The van der Waals surface area contributed by atoms with E-state index in [1.54, 1.807) is 30.3 Å². The average molecular weight is 612 g/mol. The molecule has 0 radical (unpaired) electrons. The molecule has 0 atom stereocenters. The quantitative estimate of drug-likeness (QED) is 0.104. The van der Waals surface area contributed by atoms with E-state index in [1.807, 2.05) is 0 Å². The van der Waals surface area contributed by atoms with E-state index in [-0.39, 0.29) is 34.4 Å². The largest absolute Gasteiger partial charge is 0.507 e. The summed E-state index contributed by atoms with van der Waals surface area (Å²) in [6.45, 7) is -0.0437. The van der Waals surface area contributed by atoms with Crippen molar-refractivity contribution in [2.45, 2.75) is 6.42 Å². The second kappa shape index (κ2) is 11.3. The number of carbonyl (C=O) groups excluding carboxylic acids is 2. The summed E-state index contributed by atoms with van der Waals surface area (Å²) in [5, 5.41) is 11.7. The monoisotopic (exact) mass is 611 g/mol. The van der Waals surface area contributed by atoms with Gasteiger partial charge in [-0.3, -0.25) is 14.9 Å². The number of hydrogen-bond donors (Lipinski definition) is 2. The summed E-state index contributed by atoms with van der Waals surface area (Å²) in [6.07, 6.45) is 0.597. The molecule has 0 aliphatic rings. The highest BCUT2D eigenvalue weighted by atomic mass is 79.9. The van der Waals surface area contributed by atoms with Gasteiger partial charge >= 0.3 is 0 Å². The van der Waals surface area contributed by atoms with Gasteiger partial charge in [0.1, 0.15) is 16.4 Å². The Bertz CT molecular complexity index is 1510. The zero-order valence-electron chi connectivity index (χ0n) is 18.9. The van der Waals surface area contributed by atoms with Gasteiger partial charge in [-0.05, 0) is 30.2 Å². The number of rotatable bonds is 8. The number of carbonyl (C=O) groups is 2. The number of hydrogen-bond acceptors (Lipinski definition) is 5. The average Bonchev–Trinajstić information content (AvgIpc) is 3.31. The van der Waals surface area contributed by atoms with E-state index in [1.165, 1.54) is 18.2 Å². The molecule has 0 bridgehead atoms. The second-order valence-corrected chi connectivity index (χ2v) is 9.66.